The van der Waals surface area contributed by atoms with Crippen molar-refractivity contribution in [2.45, 2.75) is 32.9 Å². The van der Waals surface area contributed by atoms with Crippen LogP contribution in [0.25, 0.3) is 0 Å². The van der Waals surface area contributed by atoms with Gasteiger partial charge in [-0.3, -0.25) is 4.79 Å². The maximum Gasteiger partial charge on any atom is 0.417 e. The lowest BCUT2D eigenvalue weighted by atomic mass is 9.92. The van der Waals surface area contributed by atoms with Crippen molar-refractivity contribution in [2.24, 2.45) is 11.3 Å². The van der Waals surface area contributed by atoms with Gasteiger partial charge in [-0.1, -0.05) is 29.8 Å². The van der Waals surface area contributed by atoms with Crippen LogP contribution in [0.3, 0.4) is 0 Å². The molecule has 0 bridgehead atoms. The molecule has 1 aromatic rings. The number of alkyl halides is 3. The smallest absolute Gasteiger partial charge is 0.351 e. The third-order valence-corrected chi connectivity index (χ3v) is 4.74. The predicted molar refractivity (Wildman–Crippen MR) is 78.0 cm³/mol. The van der Waals surface area contributed by atoms with Crippen molar-refractivity contribution in [3.8, 4) is 0 Å². The Morgan fingerprint density at radius 2 is 2.00 bits per heavy atom. The summed E-state index contributed by atoms with van der Waals surface area (Å²) in [6.07, 6.45) is -2.53. The van der Waals surface area contributed by atoms with Gasteiger partial charge in [0.05, 0.1) is 11.1 Å². The number of halogens is 4. The number of rotatable bonds is 4. The van der Waals surface area contributed by atoms with Gasteiger partial charge < -0.3 is 5.32 Å². The highest BCUT2D eigenvalue weighted by molar-refractivity contribution is 9.10. The highest BCUT2D eigenvalue weighted by Crippen LogP contribution is 2.51. The molecule has 1 aliphatic carbocycles. The summed E-state index contributed by atoms with van der Waals surface area (Å²) >= 11 is 3.01. The van der Waals surface area contributed by atoms with Gasteiger partial charge in [0.1, 0.15) is 0 Å². The molecule has 0 spiro atoms. The Morgan fingerprint density at radius 1 is 1.38 bits per heavy atom. The van der Waals surface area contributed by atoms with Crippen LogP contribution in [0.2, 0.25) is 0 Å². The summed E-state index contributed by atoms with van der Waals surface area (Å²) in [7, 11) is 0. The molecule has 6 heteroatoms. The summed E-state index contributed by atoms with van der Waals surface area (Å²) in [5.74, 6) is -0.258. The second-order valence-electron chi connectivity index (χ2n) is 5.89. The zero-order chi connectivity index (χ0) is 15.8. The molecule has 1 aliphatic rings. The average Bonchev–Trinajstić information content (AvgIpc) is 3.16. The van der Waals surface area contributed by atoms with Crippen LogP contribution in [0.4, 0.5) is 13.2 Å². The molecule has 1 aromatic carbocycles. The quantitative estimate of drug-likeness (QED) is 0.829. The first-order valence-electron chi connectivity index (χ1n) is 6.81. The van der Waals surface area contributed by atoms with Crippen LogP contribution >= 0.6 is 15.9 Å². The Kier molecular flexibility index (Phi) is 4.38. The molecule has 0 unspecified atom stereocenters. The molecule has 21 heavy (non-hydrogen) atoms. The fourth-order valence-corrected chi connectivity index (χ4v) is 2.78. The molecule has 0 aromatic heterocycles. The highest BCUT2D eigenvalue weighted by atomic mass is 79.9. The van der Waals surface area contributed by atoms with E-state index in [1.807, 2.05) is 0 Å². The van der Waals surface area contributed by atoms with Gasteiger partial charge in [0.25, 0.3) is 5.91 Å². The third kappa shape index (κ3) is 3.59. The minimum absolute atomic E-state index is 0.0589. The van der Waals surface area contributed by atoms with Gasteiger partial charge in [0.15, 0.2) is 0 Å². The zero-order valence-electron chi connectivity index (χ0n) is 11.9. The highest BCUT2D eigenvalue weighted by Gasteiger charge is 2.45. The maximum atomic E-state index is 13.0. The Balaban J connectivity index is 2.16. The predicted octanol–water partition coefficient (Wildman–Crippen LogP) is 4.63. The topological polar surface area (TPSA) is 29.1 Å². The summed E-state index contributed by atoms with van der Waals surface area (Å²) in [5.41, 5.74) is -1.18. The Hall–Kier alpha value is -1.04. The summed E-state index contributed by atoms with van der Waals surface area (Å²) in [4.78, 5) is 12.1. The number of nitrogens with one attached hydrogen (secondary N) is 1. The van der Waals surface area contributed by atoms with Gasteiger partial charge in [-0.15, -0.1) is 0 Å². The van der Waals surface area contributed by atoms with Crippen LogP contribution in [0.1, 0.15) is 42.6 Å². The number of amides is 1. The van der Waals surface area contributed by atoms with Crippen molar-refractivity contribution in [3.05, 3.63) is 33.8 Å². The summed E-state index contributed by atoms with van der Waals surface area (Å²) in [6, 6.07) is 3.58. The van der Waals surface area contributed by atoms with Gasteiger partial charge in [-0.05, 0) is 42.4 Å². The van der Waals surface area contributed by atoms with Gasteiger partial charge in [-0.2, -0.15) is 13.2 Å². The molecular formula is C15H17BrF3NO. The van der Waals surface area contributed by atoms with Gasteiger partial charge >= 0.3 is 6.18 Å². The summed E-state index contributed by atoms with van der Waals surface area (Å²) in [6.45, 7) is 4.57. The third-order valence-electron chi connectivity index (χ3n) is 4.25. The lowest BCUT2D eigenvalue weighted by molar-refractivity contribution is -0.138. The van der Waals surface area contributed by atoms with Crippen molar-refractivity contribution >= 4 is 21.8 Å². The molecule has 0 atom stereocenters. The van der Waals surface area contributed by atoms with E-state index in [4.69, 9.17) is 0 Å². The van der Waals surface area contributed by atoms with Crippen LogP contribution in [0, 0.1) is 11.3 Å². The molecule has 1 saturated carbocycles. The zero-order valence-corrected chi connectivity index (χ0v) is 13.4. The molecule has 0 heterocycles. The first-order valence-corrected chi connectivity index (χ1v) is 7.60. The second-order valence-corrected chi connectivity index (χ2v) is 6.80. The van der Waals surface area contributed by atoms with Crippen molar-refractivity contribution in [2.75, 3.05) is 6.54 Å². The molecule has 2 nitrogen and oxygen atoms in total. The largest absolute Gasteiger partial charge is 0.417 e. The first kappa shape index (κ1) is 16.3. The van der Waals surface area contributed by atoms with Gasteiger partial charge in [0.2, 0.25) is 0 Å². The number of hydrogen-bond donors (Lipinski definition) is 1. The van der Waals surface area contributed by atoms with E-state index in [1.54, 1.807) is 0 Å². The Bertz CT molecular complexity index is 550. The van der Waals surface area contributed by atoms with Crippen molar-refractivity contribution in [1.82, 2.24) is 5.32 Å². The number of carbonyl (C=O) groups is 1. The van der Waals surface area contributed by atoms with Crippen LogP contribution < -0.4 is 5.32 Å². The summed E-state index contributed by atoms with van der Waals surface area (Å²) < 4.78 is 39.3. The molecule has 1 amide bonds. The van der Waals surface area contributed by atoms with Crippen LogP contribution in [0.5, 0.6) is 0 Å². The molecule has 0 radical (unpaired) electrons. The molecule has 1 fully saturated rings. The normalized spacial score (nSPS) is 16.9. The molecule has 116 valence electrons. The van der Waals surface area contributed by atoms with E-state index in [-0.39, 0.29) is 11.0 Å². The number of carbonyl (C=O) groups excluding carboxylic acids is 1. The molecule has 0 aliphatic heterocycles. The standard InChI is InChI=1S/C15H17BrF3NO/c1-9(2)14(5-6-14)8-20-13(21)11-4-3-10(16)7-12(11)15(17,18)19/h3-4,7,9H,5-6,8H2,1-2H3,(H,20,21). The van der Waals surface area contributed by atoms with E-state index in [1.165, 1.54) is 12.1 Å². The van der Waals surface area contributed by atoms with E-state index in [0.717, 1.165) is 18.9 Å². The van der Waals surface area contributed by atoms with E-state index >= 15 is 0 Å². The molecule has 1 N–H and O–H groups in total. The minimum Gasteiger partial charge on any atom is -0.351 e. The average molecular weight is 364 g/mol. The van der Waals surface area contributed by atoms with E-state index < -0.39 is 17.6 Å². The van der Waals surface area contributed by atoms with Crippen LogP contribution in [0.15, 0.2) is 22.7 Å². The van der Waals surface area contributed by atoms with Crippen LogP contribution in [-0.4, -0.2) is 12.5 Å². The Morgan fingerprint density at radius 3 is 2.48 bits per heavy atom. The SMILES string of the molecule is CC(C)C1(CNC(=O)c2ccc(Br)cc2C(F)(F)F)CC1. The lowest BCUT2D eigenvalue weighted by Gasteiger charge is -2.21. The van der Waals surface area contributed by atoms with Crippen molar-refractivity contribution in [1.29, 1.82) is 0 Å². The molecular weight excluding hydrogens is 347 g/mol. The lowest BCUT2D eigenvalue weighted by Crippen LogP contribution is -2.33. The van der Waals surface area contributed by atoms with Gasteiger partial charge in [0, 0.05) is 11.0 Å². The molecule has 2 rings (SSSR count). The Labute approximate surface area is 130 Å². The van der Waals surface area contributed by atoms with E-state index in [2.05, 4.69) is 35.1 Å². The molecule has 0 saturated heterocycles. The van der Waals surface area contributed by atoms with Crippen molar-refractivity contribution in [3.63, 3.8) is 0 Å². The minimum atomic E-state index is -4.55. The summed E-state index contributed by atoms with van der Waals surface area (Å²) in [5, 5.41) is 2.66. The van der Waals surface area contributed by atoms with E-state index in [9.17, 15) is 18.0 Å². The number of benzene rings is 1. The second kappa shape index (κ2) is 5.63. The monoisotopic (exact) mass is 363 g/mol. The number of hydrogen-bond acceptors (Lipinski definition) is 1. The van der Waals surface area contributed by atoms with Crippen LogP contribution in [-0.2, 0) is 6.18 Å². The van der Waals surface area contributed by atoms with Crippen molar-refractivity contribution < 1.29 is 18.0 Å². The fraction of sp³-hybridized carbons (Fsp3) is 0.533. The first-order chi connectivity index (χ1) is 9.66. The fourth-order valence-electron chi connectivity index (χ4n) is 2.42. The van der Waals surface area contributed by atoms with E-state index in [0.29, 0.717) is 16.9 Å². The maximum absolute atomic E-state index is 13.0. The van der Waals surface area contributed by atoms with Gasteiger partial charge in [-0.25, -0.2) is 0 Å².